The number of benzene rings is 1. The van der Waals surface area contributed by atoms with Crippen molar-refractivity contribution in [1.82, 2.24) is 4.98 Å². The van der Waals surface area contributed by atoms with Gasteiger partial charge in [0.2, 0.25) is 0 Å². The predicted octanol–water partition coefficient (Wildman–Crippen LogP) is 2.42. The Morgan fingerprint density at radius 3 is 2.59 bits per heavy atom. The molecule has 0 bridgehead atoms. The van der Waals surface area contributed by atoms with Gasteiger partial charge >= 0.3 is 6.61 Å². The molecule has 116 valence electrons. The van der Waals surface area contributed by atoms with E-state index in [1.807, 2.05) is 4.90 Å². The number of ether oxygens (including phenoxy) is 1. The van der Waals surface area contributed by atoms with Crippen LogP contribution in [0, 0.1) is 0 Å². The molecule has 2 aromatic rings. The van der Waals surface area contributed by atoms with Crippen LogP contribution < -0.4 is 15.4 Å². The minimum absolute atomic E-state index is 0.100. The summed E-state index contributed by atoms with van der Waals surface area (Å²) in [6.07, 6.45) is 2.98. The number of hydrogen-bond acceptors (Lipinski definition) is 4. The first-order valence-electron chi connectivity index (χ1n) is 6.46. The lowest BCUT2D eigenvalue weighted by Crippen LogP contribution is -2.22. The number of hydrogen-bond donors (Lipinski definition) is 1. The van der Waals surface area contributed by atoms with Gasteiger partial charge in [0.1, 0.15) is 5.75 Å². The molecule has 0 aliphatic rings. The monoisotopic (exact) mass is 307 g/mol. The lowest BCUT2D eigenvalue weighted by atomic mass is 10.1. The second kappa shape index (κ2) is 6.84. The van der Waals surface area contributed by atoms with E-state index in [1.54, 1.807) is 31.4 Å². The first-order chi connectivity index (χ1) is 10.5. The Morgan fingerprint density at radius 2 is 2.00 bits per heavy atom. The number of carbonyl (C=O) groups is 1. The topological polar surface area (TPSA) is 68.4 Å². The molecule has 5 nitrogen and oxygen atoms in total. The van der Waals surface area contributed by atoms with Crippen LogP contribution in [0.15, 0.2) is 42.7 Å². The Kier molecular flexibility index (Phi) is 4.88. The third-order valence-electron chi connectivity index (χ3n) is 3.04. The summed E-state index contributed by atoms with van der Waals surface area (Å²) in [4.78, 5) is 17.1. The average molecular weight is 307 g/mol. The van der Waals surface area contributed by atoms with Crippen LogP contribution in [0.1, 0.15) is 15.9 Å². The molecule has 0 saturated carbocycles. The summed E-state index contributed by atoms with van der Waals surface area (Å²) >= 11 is 0. The highest BCUT2D eigenvalue weighted by molar-refractivity contribution is 5.98. The molecule has 2 N–H and O–H groups in total. The second-order valence-electron chi connectivity index (χ2n) is 4.64. The number of carbonyl (C=O) groups excluding carboxylic acids is 1. The molecule has 0 fully saturated rings. The fourth-order valence-corrected chi connectivity index (χ4v) is 2.05. The van der Waals surface area contributed by atoms with Gasteiger partial charge in [0.15, 0.2) is 0 Å². The summed E-state index contributed by atoms with van der Waals surface area (Å²) < 4.78 is 28.5. The lowest BCUT2D eigenvalue weighted by molar-refractivity contribution is -0.0498. The van der Waals surface area contributed by atoms with Gasteiger partial charge in [-0.25, -0.2) is 0 Å². The molecule has 0 saturated heterocycles. The number of halogens is 2. The number of nitrogens with two attached hydrogens (primary N) is 1. The SMILES string of the molecule is CN(Cc1ccc(OC(F)F)cc1)c1ccncc1C(N)=O. The van der Waals surface area contributed by atoms with E-state index in [2.05, 4.69) is 9.72 Å². The fraction of sp³-hybridized carbons (Fsp3) is 0.200. The van der Waals surface area contributed by atoms with Crippen molar-refractivity contribution in [2.45, 2.75) is 13.2 Å². The number of anilines is 1. The highest BCUT2D eigenvalue weighted by atomic mass is 19.3. The fourth-order valence-electron chi connectivity index (χ4n) is 2.05. The summed E-state index contributed by atoms with van der Waals surface area (Å²) in [6.45, 7) is -2.37. The van der Waals surface area contributed by atoms with Crippen molar-refractivity contribution < 1.29 is 18.3 Å². The molecule has 2 rings (SSSR count). The highest BCUT2D eigenvalue weighted by Crippen LogP contribution is 2.21. The first kappa shape index (κ1) is 15.7. The second-order valence-corrected chi connectivity index (χ2v) is 4.64. The van der Waals surface area contributed by atoms with Crippen molar-refractivity contribution in [3.05, 3.63) is 53.9 Å². The molecule has 0 atom stereocenters. The molecular formula is C15H15F2N3O2. The zero-order chi connectivity index (χ0) is 16.1. The molecule has 7 heteroatoms. The quantitative estimate of drug-likeness (QED) is 0.890. The van der Waals surface area contributed by atoms with Crippen LogP contribution in [-0.2, 0) is 6.54 Å². The van der Waals surface area contributed by atoms with Crippen LogP contribution >= 0.6 is 0 Å². The van der Waals surface area contributed by atoms with Crippen molar-refractivity contribution in [2.75, 3.05) is 11.9 Å². The van der Waals surface area contributed by atoms with Crippen LogP contribution in [0.5, 0.6) is 5.75 Å². The van der Waals surface area contributed by atoms with Gasteiger partial charge in [-0.3, -0.25) is 9.78 Å². The van der Waals surface area contributed by atoms with Crippen LogP contribution in [0.25, 0.3) is 0 Å². The van der Waals surface area contributed by atoms with Gasteiger partial charge in [-0.15, -0.1) is 0 Å². The van der Waals surface area contributed by atoms with Crippen LogP contribution in [-0.4, -0.2) is 24.6 Å². The maximum absolute atomic E-state index is 12.1. The number of rotatable bonds is 6. The molecule has 0 spiro atoms. The molecule has 0 aliphatic carbocycles. The number of amides is 1. The maximum atomic E-state index is 12.1. The number of nitrogens with zero attached hydrogens (tertiary/aromatic N) is 2. The first-order valence-corrected chi connectivity index (χ1v) is 6.46. The largest absolute Gasteiger partial charge is 0.435 e. The van der Waals surface area contributed by atoms with E-state index in [9.17, 15) is 13.6 Å². The molecule has 1 heterocycles. The van der Waals surface area contributed by atoms with Gasteiger partial charge in [-0.2, -0.15) is 8.78 Å². The molecule has 1 amide bonds. The predicted molar refractivity (Wildman–Crippen MR) is 77.9 cm³/mol. The Balaban J connectivity index is 2.12. The minimum atomic E-state index is -2.84. The summed E-state index contributed by atoms with van der Waals surface area (Å²) in [7, 11) is 1.80. The summed E-state index contributed by atoms with van der Waals surface area (Å²) in [5.74, 6) is -0.459. The maximum Gasteiger partial charge on any atom is 0.387 e. The Hall–Kier alpha value is -2.70. The molecule has 0 radical (unpaired) electrons. The Labute approximate surface area is 126 Å². The zero-order valence-corrected chi connectivity index (χ0v) is 11.9. The van der Waals surface area contributed by atoms with E-state index in [0.29, 0.717) is 17.8 Å². The summed E-state index contributed by atoms with van der Waals surface area (Å²) in [5, 5.41) is 0. The number of primary amides is 1. The molecule has 22 heavy (non-hydrogen) atoms. The molecular weight excluding hydrogens is 292 g/mol. The number of aromatic nitrogens is 1. The summed E-state index contributed by atoms with van der Waals surface area (Å²) in [5.41, 5.74) is 7.16. The highest BCUT2D eigenvalue weighted by Gasteiger charge is 2.12. The van der Waals surface area contributed by atoms with Crippen LogP contribution in [0.3, 0.4) is 0 Å². The van der Waals surface area contributed by atoms with E-state index < -0.39 is 12.5 Å². The third kappa shape index (κ3) is 3.91. The van der Waals surface area contributed by atoms with Crippen molar-refractivity contribution in [2.24, 2.45) is 5.73 Å². The van der Waals surface area contributed by atoms with Gasteiger partial charge in [0.25, 0.3) is 5.91 Å². The average Bonchev–Trinajstić information content (AvgIpc) is 2.48. The minimum Gasteiger partial charge on any atom is -0.435 e. The molecule has 1 aromatic carbocycles. The van der Waals surface area contributed by atoms with E-state index >= 15 is 0 Å². The smallest absolute Gasteiger partial charge is 0.387 e. The standard InChI is InChI=1S/C15H15F2N3O2/c1-20(13-6-7-19-8-12(13)14(18)21)9-10-2-4-11(5-3-10)22-15(16)17/h2-8,15H,9H2,1H3,(H2,18,21). The molecule has 0 unspecified atom stereocenters. The van der Waals surface area contributed by atoms with Gasteiger partial charge in [-0.1, -0.05) is 12.1 Å². The van der Waals surface area contributed by atoms with Gasteiger partial charge < -0.3 is 15.4 Å². The van der Waals surface area contributed by atoms with E-state index in [-0.39, 0.29) is 5.75 Å². The van der Waals surface area contributed by atoms with E-state index in [1.165, 1.54) is 18.3 Å². The molecule has 1 aromatic heterocycles. The Bertz CT molecular complexity index is 647. The number of alkyl halides is 2. The van der Waals surface area contributed by atoms with Gasteiger partial charge in [-0.05, 0) is 23.8 Å². The summed E-state index contributed by atoms with van der Waals surface area (Å²) in [6, 6.07) is 7.99. The van der Waals surface area contributed by atoms with Crippen molar-refractivity contribution >= 4 is 11.6 Å². The third-order valence-corrected chi connectivity index (χ3v) is 3.04. The number of pyridine rings is 1. The van der Waals surface area contributed by atoms with Crippen LogP contribution in [0.2, 0.25) is 0 Å². The van der Waals surface area contributed by atoms with E-state index in [4.69, 9.17) is 5.73 Å². The van der Waals surface area contributed by atoms with Crippen molar-refractivity contribution in [3.8, 4) is 5.75 Å². The van der Waals surface area contributed by atoms with Crippen LogP contribution in [0.4, 0.5) is 14.5 Å². The van der Waals surface area contributed by atoms with E-state index in [0.717, 1.165) is 5.56 Å². The molecule has 0 aliphatic heterocycles. The van der Waals surface area contributed by atoms with Crippen molar-refractivity contribution in [1.29, 1.82) is 0 Å². The zero-order valence-electron chi connectivity index (χ0n) is 11.9. The van der Waals surface area contributed by atoms with Gasteiger partial charge in [0, 0.05) is 26.0 Å². The lowest BCUT2D eigenvalue weighted by Gasteiger charge is -2.21. The van der Waals surface area contributed by atoms with Crippen molar-refractivity contribution in [3.63, 3.8) is 0 Å². The Morgan fingerprint density at radius 1 is 1.32 bits per heavy atom. The van der Waals surface area contributed by atoms with Gasteiger partial charge in [0.05, 0.1) is 11.3 Å². The normalized spacial score (nSPS) is 10.5.